The highest BCUT2D eigenvalue weighted by molar-refractivity contribution is 5.97. The van der Waals surface area contributed by atoms with E-state index in [0.717, 1.165) is 28.3 Å². The Kier molecular flexibility index (Phi) is 8.45. The zero-order valence-corrected chi connectivity index (χ0v) is 21.7. The largest absolute Gasteiger partial charge is 0.481 e. The van der Waals surface area contributed by atoms with Crippen molar-refractivity contribution >= 4 is 17.6 Å². The molecule has 0 radical (unpaired) electrons. The number of ether oxygens (including phenoxy) is 2. The highest BCUT2D eigenvalue weighted by Crippen LogP contribution is 2.35. The van der Waals surface area contributed by atoms with Gasteiger partial charge in [0.15, 0.2) is 12.6 Å². The van der Waals surface area contributed by atoms with Gasteiger partial charge in [-0.1, -0.05) is 24.3 Å². The van der Waals surface area contributed by atoms with E-state index in [1.54, 1.807) is 24.3 Å². The molecule has 1 aliphatic heterocycles. The van der Waals surface area contributed by atoms with Gasteiger partial charge in [-0.15, -0.1) is 9.78 Å². The van der Waals surface area contributed by atoms with Crippen LogP contribution in [-0.4, -0.2) is 54.2 Å². The average Bonchev–Trinajstić information content (AvgIpc) is 3.32. The summed E-state index contributed by atoms with van der Waals surface area (Å²) in [6, 6.07) is 12.6. The molecular formula is C27H27N7O6. The Morgan fingerprint density at radius 1 is 1.18 bits per heavy atom. The van der Waals surface area contributed by atoms with Gasteiger partial charge in [-0.3, -0.25) is 20.0 Å². The number of hydrogen-bond acceptors (Lipinski definition) is 9. The molecule has 1 aliphatic rings. The zero-order valence-electron chi connectivity index (χ0n) is 21.7. The van der Waals surface area contributed by atoms with Gasteiger partial charge in [-0.05, 0) is 42.7 Å². The lowest BCUT2D eigenvalue weighted by Crippen LogP contribution is -2.18. The van der Waals surface area contributed by atoms with Crippen LogP contribution in [0.1, 0.15) is 58.2 Å². The molecule has 0 aliphatic carbocycles. The number of ketones is 1. The number of nitrogens with one attached hydrogen (secondary N) is 2. The predicted molar refractivity (Wildman–Crippen MR) is 143 cm³/mol. The first-order valence-electron chi connectivity index (χ1n) is 12.1. The minimum absolute atomic E-state index is 0.0233. The first kappa shape index (κ1) is 27.9. The summed E-state index contributed by atoms with van der Waals surface area (Å²) in [6.07, 6.45) is 3.50. The minimum Gasteiger partial charge on any atom is -0.481 e. The number of amidine groups is 1. The number of nitrogens with two attached hydrogens (primary N) is 1. The van der Waals surface area contributed by atoms with Gasteiger partial charge in [-0.2, -0.15) is 0 Å². The van der Waals surface area contributed by atoms with Crippen LogP contribution in [0.25, 0.3) is 5.95 Å². The Hall–Kier alpha value is -5.17. The van der Waals surface area contributed by atoms with Crippen molar-refractivity contribution in [3.8, 4) is 11.7 Å². The van der Waals surface area contributed by atoms with E-state index in [0.29, 0.717) is 35.7 Å². The van der Waals surface area contributed by atoms with Crippen LogP contribution in [-0.2, 0) is 22.6 Å². The highest BCUT2D eigenvalue weighted by Gasteiger charge is 2.26. The number of hydrogen-bond donors (Lipinski definition) is 4. The van der Waals surface area contributed by atoms with Gasteiger partial charge in [0.05, 0.1) is 12.2 Å². The average molecular weight is 546 g/mol. The number of aliphatic carboxylic acids is 1. The maximum Gasteiger partial charge on any atom is 0.350 e. The molecule has 0 saturated carbocycles. The fraction of sp³-hybridized carbons (Fsp3) is 0.222. The Balaban J connectivity index is 0.000000867. The van der Waals surface area contributed by atoms with E-state index in [1.165, 1.54) is 19.3 Å². The van der Waals surface area contributed by atoms with Crippen LogP contribution in [0, 0.1) is 5.41 Å². The van der Waals surface area contributed by atoms with E-state index < -0.39 is 17.6 Å². The van der Waals surface area contributed by atoms with E-state index in [-0.39, 0.29) is 24.4 Å². The quantitative estimate of drug-likeness (QED) is 0.152. The van der Waals surface area contributed by atoms with Gasteiger partial charge < -0.3 is 20.3 Å². The first-order chi connectivity index (χ1) is 19.1. The Bertz CT molecular complexity index is 1590. The molecule has 5 N–H and O–H groups in total. The summed E-state index contributed by atoms with van der Waals surface area (Å²) in [5.41, 5.74) is 8.59. The summed E-state index contributed by atoms with van der Waals surface area (Å²) in [6.45, 7) is 2.94. The lowest BCUT2D eigenvalue weighted by molar-refractivity contribution is -0.134. The molecule has 0 bridgehead atoms. The molecule has 13 nitrogen and oxygen atoms in total. The second-order valence-electron chi connectivity index (χ2n) is 8.89. The third-order valence-corrected chi connectivity index (χ3v) is 5.93. The number of fused-ring (bicyclic) bond motifs is 1. The molecule has 1 unspecified atom stereocenters. The lowest BCUT2D eigenvalue weighted by atomic mass is 9.87. The number of aromatic nitrogens is 5. The van der Waals surface area contributed by atoms with Crippen LogP contribution in [0.4, 0.5) is 0 Å². The van der Waals surface area contributed by atoms with Crippen molar-refractivity contribution in [2.75, 3.05) is 6.79 Å². The molecule has 206 valence electrons. The van der Waals surface area contributed by atoms with Crippen LogP contribution in [0.15, 0.2) is 59.7 Å². The number of carboxylic acid groups (broad SMARTS) is 1. The molecule has 40 heavy (non-hydrogen) atoms. The maximum absolute atomic E-state index is 12.8. The molecule has 13 heteroatoms. The topological polar surface area (TPSA) is 199 Å². The van der Waals surface area contributed by atoms with Crippen molar-refractivity contribution in [1.82, 2.24) is 24.7 Å². The molecule has 0 spiro atoms. The van der Waals surface area contributed by atoms with Gasteiger partial charge >= 0.3 is 5.69 Å². The number of H-pyrrole nitrogens is 1. The van der Waals surface area contributed by atoms with E-state index in [1.807, 2.05) is 18.2 Å². The molecule has 0 amide bonds. The number of benzene rings is 2. The van der Waals surface area contributed by atoms with Gasteiger partial charge in [0.1, 0.15) is 17.4 Å². The van der Waals surface area contributed by atoms with Crippen molar-refractivity contribution in [3.05, 3.63) is 99.0 Å². The molecule has 4 aromatic rings. The Morgan fingerprint density at radius 2 is 1.85 bits per heavy atom. The number of Topliss-reactive ketones (excluding diaryl/α,β-unsaturated/α-hetero) is 1. The third kappa shape index (κ3) is 6.45. The van der Waals surface area contributed by atoms with Crippen molar-refractivity contribution in [2.45, 2.75) is 32.8 Å². The van der Waals surface area contributed by atoms with Crippen molar-refractivity contribution in [1.29, 1.82) is 5.41 Å². The molecule has 5 rings (SSSR count). The van der Waals surface area contributed by atoms with Crippen molar-refractivity contribution in [2.24, 2.45) is 5.73 Å². The number of nitrogen functional groups attached to an aromatic ring is 1. The summed E-state index contributed by atoms with van der Waals surface area (Å²) in [5.74, 6) is -0.391. The molecule has 1 atom stereocenters. The summed E-state index contributed by atoms with van der Waals surface area (Å²) in [4.78, 5) is 45.3. The fourth-order valence-corrected chi connectivity index (χ4v) is 4.17. The fourth-order valence-electron chi connectivity index (χ4n) is 4.17. The summed E-state index contributed by atoms with van der Waals surface area (Å²) >= 11 is 0. The van der Waals surface area contributed by atoms with E-state index in [4.69, 9.17) is 30.5 Å². The van der Waals surface area contributed by atoms with Crippen molar-refractivity contribution in [3.63, 3.8) is 0 Å². The summed E-state index contributed by atoms with van der Waals surface area (Å²) in [7, 11) is 0. The molecule has 2 aromatic carbocycles. The van der Waals surface area contributed by atoms with Crippen LogP contribution in [0.2, 0.25) is 0 Å². The monoisotopic (exact) mass is 545 g/mol. The number of aromatic amines is 1. The third-order valence-electron chi connectivity index (χ3n) is 5.93. The number of carboxylic acids is 1. The van der Waals surface area contributed by atoms with Gasteiger partial charge in [0.2, 0.25) is 0 Å². The number of carbonyl (C=O) groups is 2. The van der Waals surface area contributed by atoms with Crippen LogP contribution in [0.5, 0.6) is 5.75 Å². The Morgan fingerprint density at radius 3 is 2.48 bits per heavy atom. The van der Waals surface area contributed by atoms with Gasteiger partial charge in [0, 0.05) is 36.4 Å². The molecular weight excluding hydrogens is 518 g/mol. The number of nitrogens with zero attached hydrogens (tertiary/aromatic N) is 4. The van der Waals surface area contributed by atoms with Gasteiger partial charge in [0.25, 0.3) is 11.9 Å². The standard InChI is InChI=1S/C25H23N7O4.C2H4O2/c1-14(33)19-11-17(10-18-12-35-13-36-21(18)19)20(9-15-3-5-16(6-4-15)22(26)27)23-30-25(34)32(31-23)24-28-7-2-8-29-24;1-2(3)4/h2-8,10-11,20H,9,12-13H2,1H3,(H3,26,27)(H,30,31,34);1H3,(H,3,4). The van der Waals surface area contributed by atoms with E-state index >= 15 is 0 Å². The Labute approximate surface area is 228 Å². The predicted octanol–water partition coefficient (Wildman–Crippen LogP) is 2.17. The van der Waals surface area contributed by atoms with Crippen molar-refractivity contribution < 1.29 is 24.2 Å². The summed E-state index contributed by atoms with van der Waals surface area (Å²) in [5, 5.41) is 19.6. The smallest absolute Gasteiger partial charge is 0.350 e. The van der Waals surface area contributed by atoms with Gasteiger partial charge in [-0.25, -0.2) is 14.8 Å². The molecule has 2 aromatic heterocycles. The lowest BCUT2D eigenvalue weighted by Gasteiger charge is -2.23. The number of carbonyl (C=O) groups excluding carboxylic acids is 1. The second-order valence-corrected chi connectivity index (χ2v) is 8.89. The summed E-state index contributed by atoms with van der Waals surface area (Å²) < 4.78 is 12.2. The van der Waals surface area contributed by atoms with Crippen LogP contribution >= 0.6 is 0 Å². The van der Waals surface area contributed by atoms with E-state index in [2.05, 4.69) is 20.1 Å². The first-order valence-corrected chi connectivity index (χ1v) is 12.1. The van der Waals surface area contributed by atoms with Crippen LogP contribution in [0.3, 0.4) is 0 Å². The second kappa shape index (κ2) is 12.1. The maximum atomic E-state index is 12.8. The molecule has 3 heterocycles. The molecule has 0 saturated heterocycles. The zero-order chi connectivity index (χ0) is 28.8. The van der Waals surface area contributed by atoms with Crippen LogP contribution < -0.4 is 16.2 Å². The highest BCUT2D eigenvalue weighted by atomic mass is 16.7. The minimum atomic E-state index is -0.833. The molecule has 0 fully saturated rings. The van der Waals surface area contributed by atoms with E-state index in [9.17, 15) is 9.59 Å². The normalized spacial score (nSPS) is 12.8. The SMILES string of the molecule is CC(=O)O.CC(=O)c1cc(C(Cc2ccc(C(=N)N)cc2)c2nn(-c3ncccn3)c(=O)[nH]2)cc2c1OCOC2. The number of rotatable bonds is 7.